The molecule has 0 heterocycles. The molecule has 1 amide bonds. The summed E-state index contributed by atoms with van der Waals surface area (Å²) in [6, 6.07) is 8.72. The van der Waals surface area contributed by atoms with Crippen molar-refractivity contribution >= 4 is 5.91 Å². The Balaban J connectivity index is 1.90. The van der Waals surface area contributed by atoms with Crippen molar-refractivity contribution in [1.82, 2.24) is 5.32 Å². The maximum absolute atomic E-state index is 11.5. The molecular formula is C34H61NO3. The zero-order valence-electron chi connectivity index (χ0n) is 25.0. The normalized spacial score (nSPS) is 11.1. The van der Waals surface area contributed by atoms with Crippen molar-refractivity contribution in [3.63, 3.8) is 0 Å². The van der Waals surface area contributed by atoms with Crippen LogP contribution in [0.15, 0.2) is 24.3 Å². The predicted molar refractivity (Wildman–Crippen MR) is 163 cm³/mol. The molecular weight excluding hydrogens is 470 g/mol. The summed E-state index contributed by atoms with van der Waals surface area (Å²) in [7, 11) is 0. The van der Waals surface area contributed by atoms with Crippen LogP contribution in [0.25, 0.3) is 0 Å². The van der Waals surface area contributed by atoms with E-state index in [9.17, 15) is 4.79 Å². The summed E-state index contributed by atoms with van der Waals surface area (Å²) in [5.41, 5.74) is 1.41. The Morgan fingerprint density at radius 1 is 0.711 bits per heavy atom. The number of aliphatic hydroxyl groups excluding tert-OH is 1. The molecule has 1 aromatic rings. The van der Waals surface area contributed by atoms with Gasteiger partial charge < -0.3 is 15.2 Å². The number of hydrogen-bond donors (Lipinski definition) is 2. The fourth-order valence-corrected chi connectivity index (χ4v) is 5.06. The third-order valence-corrected chi connectivity index (χ3v) is 7.47. The maximum atomic E-state index is 11.5. The third-order valence-electron chi connectivity index (χ3n) is 7.47. The quantitative estimate of drug-likeness (QED) is 0.106. The molecule has 1 aromatic carbocycles. The van der Waals surface area contributed by atoms with E-state index in [2.05, 4.69) is 36.5 Å². The van der Waals surface area contributed by atoms with Crippen LogP contribution in [-0.4, -0.2) is 30.8 Å². The number of ether oxygens (including phenoxy) is 1. The molecule has 0 aliphatic rings. The van der Waals surface area contributed by atoms with E-state index in [-0.39, 0.29) is 12.5 Å². The molecule has 0 radical (unpaired) electrons. The van der Waals surface area contributed by atoms with Crippen LogP contribution in [0.2, 0.25) is 0 Å². The summed E-state index contributed by atoms with van der Waals surface area (Å²) < 4.78 is 6.02. The Morgan fingerprint density at radius 2 is 1.24 bits per heavy atom. The van der Waals surface area contributed by atoms with Crippen LogP contribution in [-0.2, 0) is 11.2 Å². The van der Waals surface area contributed by atoms with Gasteiger partial charge in [0, 0.05) is 13.0 Å². The number of nitrogens with one attached hydrogen (secondary N) is 1. The van der Waals surface area contributed by atoms with Gasteiger partial charge in [0.1, 0.15) is 5.75 Å². The monoisotopic (exact) mass is 531 g/mol. The van der Waals surface area contributed by atoms with Crippen LogP contribution >= 0.6 is 0 Å². The van der Waals surface area contributed by atoms with Crippen molar-refractivity contribution in [2.75, 3.05) is 19.8 Å². The number of benzene rings is 1. The van der Waals surface area contributed by atoms with E-state index in [1.165, 1.54) is 128 Å². The van der Waals surface area contributed by atoms with Gasteiger partial charge in [0.15, 0.2) is 0 Å². The minimum absolute atomic E-state index is 0.0166. The number of amides is 1. The Labute approximate surface area is 235 Å². The van der Waals surface area contributed by atoms with E-state index in [0.717, 1.165) is 31.6 Å². The van der Waals surface area contributed by atoms with Crippen molar-refractivity contribution < 1.29 is 14.6 Å². The van der Waals surface area contributed by atoms with Crippen molar-refractivity contribution in [1.29, 1.82) is 0 Å². The number of hydrogen-bond acceptors (Lipinski definition) is 3. The largest absolute Gasteiger partial charge is 0.494 e. The highest BCUT2D eigenvalue weighted by Crippen LogP contribution is 2.18. The number of unbranched alkanes of at least 4 members (excludes halogenated alkanes) is 19. The lowest BCUT2D eigenvalue weighted by atomic mass is 10.0. The van der Waals surface area contributed by atoms with Crippen molar-refractivity contribution in [2.45, 2.75) is 155 Å². The van der Waals surface area contributed by atoms with Gasteiger partial charge in [0.2, 0.25) is 5.91 Å². The Bertz CT molecular complexity index is 648. The van der Waals surface area contributed by atoms with Crippen LogP contribution in [0, 0.1) is 0 Å². The van der Waals surface area contributed by atoms with E-state index < -0.39 is 0 Å². The van der Waals surface area contributed by atoms with Crippen LogP contribution < -0.4 is 10.1 Å². The molecule has 0 saturated heterocycles. The molecule has 0 atom stereocenters. The first-order chi connectivity index (χ1) is 18.8. The molecule has 0 aromatic heterocycles. The highest BCUT2D eigenvalue weighted by atomic mass is 16.5. The number of rotatable bonds is 28. The topological polar surface area (TPSA) is 58.6 Å². The van der Waals surface area contributed by atoms with Gasteiger partial charge in [0.25, 0.3) is 0 Å². The Hall–Kier alpha value is -1.55. The molecule has 38 heavy (non-hydrogen) atoms. The molecule has 4 nitrogen and oxygen atoms in total. The highest BCUT2D eigenvalue weighted by molar-refractivity contribution is 5.75. The SMILES string of the molecule is CCCCCCCCCCCCCCCc1cccc(OCCCCCCCCCCC(=O)NCCO)c1. The zero-order valence-corrected chi connectivity index (χ0v) is 25.0. The summed E-state index contributed by atoms with van der Waals surface area (Å²) in [5.74, 6) is 1.09. The standard InChI is InChI=1S/C34H61NO3/c1-2-3-4-5-6-7-8-9-10-11-14-17-20-24-32-25-23-26-33(31-32)38-30-22-19-16-13-12-15-18-21-27-34(37)35-28-29-36/h23,25-26,31,36H,2-22,24,27-30H2,1H3,(H,35,37). The minimum atomic E-state index is 0.0166. The molecule has 2 N–H and O–H groups in total. The summed E-state index contributed by atoms with van der Waals surface area (Å²) in [6.07, 6.45) is 29.4. The van der Waals surface area contributed by atoms with E-state index in [1.807, 2.05) is 0 Å². The molecule has 0 aliphatic carbocycles. The molecule has 0 unspecified atom stereocenters. The van der Waals surface area contributed by atoms with Gasteiger partial charge in [-0.1, -0.05) is 135 Å². The van der Waals surface area contributed by atoms with Gasteiger partial charge >= 0.3 is 0 Å². The lowest BCUT2D eigenvalue weighted by molar-refractivity contribution is -0.121. The van der Waals surface area contributed by atoms with Gasteiger partial charge in [-0.2, -0.15) is 0 Å². The first-order valence-electron chi connectivity index (χ1n) is 16.4. The Morgan fingerprint density at radius 3 is 1.82 bits per heavy atom. The fraction of sp³-hybridized carbons (Fsp3) is 0.794. The van der Waals surface area contributed by atoms with Crippen LogP contribution in [0.4, 0.5) is 0 Å². The number of aliphatic hydroxyl groups is 1. The van der Waals surface area contributed by atoms with Gasteiger partial charge in [-0.25, -0.2) is 0 Å². The summed E-state index contributed by atoms with van der Waals surface area (Å²) in [4.78, 5) is 11.5. The highest BCUT2D eigenvalue weighted by Gasteiger charge is 2.01. The molecule has 1 rings (SSSR count). The molecule has 4 heteroatoms. The van der Waals surface area contributed by atoms with E-state index in [0.29, 0.717) is 13.0 Å². The molecule has 0 saturated carbocycles. The molecule has 0 aliphatic heterocycles. The van der Waals surface area contributed by atoms with Gasteiger partial charge in [-0.15, -0.1) is 0 Å². The van der Waals surface area contributed by atoms with Crippen molar-refractivity contribution in [3.8, 4) is 5.75 Å². The second-order valence-electron chi connectivity index (χ2n) is 11.1. The van der Waals surface area contributed by atoms with Gasteiger partial charge in [-0.05, 0) is 43.4 Å². The van der Waals surface area contributed by atoms with Gasteiger partial charge in [-0.3, -0.25) is 4.79 Å². The van der Waals surface area contributed by atoms with E-state index >= 15 is 0 Å². The van der Waals surface area contributed by atoms with Crippen LogP contribution in [0.3, 0.4) is 0 Å². The number of aryl methyl sites for hydroxylation is 1. The average Bonchev–Trinajstić information content (AvgIpc) is 2.93. The van der Waals surface area contributed by atoms with E-state index in [1.54, 1.807) is 0 Å². The lowest BCUT2D eigenvalue weighted by Crippen LogP contribution is -2.25. The molecule has 0 fully saturated rings. The molecule has 0 spiro atoms. The van der Waals surface area contributed by atoms with Crippen LogP contribution in [0.5, 0.6) is 5.75 Å². The maximum Gasteiger partial charge on any atom is 0.220 e. The fourth-order valence-electron chi connectivity index (χ4n) is 5.06. The summed E-state index contributed by atoms with van der Waals surface area (Å²) in [5, 5.41) is 11.4. The first kappa shape index (κ1) is 34.5. The third kappa shape index (κ3) is 22.4. The molecule has 0 bridgehead atoms. The average molecular weight is 532 g/mol. The van der Waals surface area contributed by atoms with Crippen LogP contribution in [0.1, 0.15) is 154 Å². The summed E-state index contributed by atoms with van der Waals surface area (Å²) >= 11 is 0. The molecule has 220 valence electrons. The minimum Gasteiger partial charge on any atom is -0.494 e. The Kier molecular flexibility index (Phi) is 24.5. The van der Waals surface area contributed by atoms with Gasteiger partial charge in [0.05, 0.1) is 13.2 Å². The second-order valence-corrected chi connectivity index (χ2v) is 11.1. The number of carbonyl (C=O) groups is 1. The summed E-state index contributed by atoms with van der Waals surface area (Å²) in [6.45, 7) is 3.48. The number of carbonyl (C=O) groups excluding carboxylic acids is 1. The van der Waals surface area contributed by atoms with E-state index in [4.69, 9.17) is 9.84 Å². The zero-order chi connectivity index (χ0) is 27.4. The lowest BCUT2D eigenvalue weighted by Gasteiger charge is -2.08. The first-order valence-corrected chi connectivity index (χ1v) is 16.4. The van der Waals surface area contributed by atoms with Crippen molar-refractivity contribution in [2.24, 2.45) is 0 Å². The van der Waals surface area contributed by atoms with Crippen molar-refractivity contribution in [3.05, 3.63) is 29.8 Å². The smallest absolute Gasteiger partial charge is 0.220 e. The second kappa shape index (κ2) is 27.0. The predicted octanol–water partition coefficient (Wildman–Crippen LogP) is 9.32.